The van der Waals surface area contributed by atoms with Crippen molar-refractivity contribution in [3.8, 4) is 0 Å². The molecule has 0 saturated heterocycles. The minimum absolute atomic E-state index is 0.0795. The monoisotopic (exact) mass is 460 g/mol. The number of hydrogen-bond donors (Lipinski definition) is 0. The molecule has 182 valence electrons. The van der Waals surface area contributed by atoms with Crippen molar-refractivity contribution in [2.24, 2.45) is 0 Å². The lowest BCUT2D eigenvalue weighted by molar-refractivity contribution is -0.188. The summed E-state index contributed by atoms with van der Waals surface area (Å²) in [6.07, 6.45) is 18.8. The van der Waals surface area contributed by atoms with Crippen LogP contribution in [0.3, 0.4) is 0 Å². The lowest BCUT2D eigenvalue weighted by Gasteiger charge is -2.16. The quantitative estimate of drug-likeness (QED) is 0.0718. The summed E-state index contributed by atoms with van der Waals surface area (Å²) in [5, 5.41) is -0.588. The van der Waals surface area contributed by atoms with Gasteiger partial charge in [-0.25, -0.2) is 0 Å². The highest BCUT2D eigenvalue weighted by molar-refractivity contribution is 6.63. The number of unbranched alkanes of at least 4 members (excludes halogenated alkanes) is 14. The number of esters is 2. The van der Waals surface area contributed by atoms with Crippen LogP contribution in [-0.2, 0) is 23.9 Å². The molecule has 0 amide bonds. The number of rotatable bonds is 22. The fourth-order valence-electron chi connectivity index (χ4n) is 3.44. The van der Waals surface area contributed by atoms with Gasteiger partial charge in [0.1, 0.15) is 0 Å². The van der Waals surface area contributed by atoms with Gasteiger partial charge in [0.25, 0.3) is 0 Å². The van der Waals surface area contributed by atoms with E-state index in [1.807, 2.05) is 0 Å². The molecule has 0 aromatic rings. The smallest absolute Gasteiger partial charge is 0.309 e. The second-order valence-corrected chi connectivity index (χ2v) is 8.79. The summed E-state index contributed by atoms with van der Waals surface area (Å²) in [5.41, 5.74) is 0. The van der Waals surface area contributed by atoms with Crippen LogP contribution in [0, 0.1) is 0 Å². The summed E-state index contributed by atoms with van der Waals surface area (Å²) in [5.74, 6) is -0.927. The van der Waals surface area contributed by atoms with E-state index in [2.05, 4.69) is 6.92 Å². The number of carbonyl (C=O) groups excluding carboxylic acids is 3. The Balaban J connectivity index is 3.50. The first-order valence-corrected chi connectivity index (χ1v) is 12.9. The number of hydrogen-bond acceptors (Lipinski definition) is 5. The van der Waals surface area contributed by atoms with Crippen molar-refractivity contribution < 1.29 is 23.9 Å². The van der Waals surface area contributed by atoms with Gasteiger partial charge in [0.05, 0.1) is 6.42 Å². The van der Waals surface area contributed by atoms with Crippen LogP contribution in [0.2, 0.25) is 0 Å². The minimum Gasteiger partial charge on any atom is -0.425 e. The molecule has 0 aliphatic heterocycles. The molecular formula is C25H45ClO5. The zero-order valence-electron chi connectivity index (χ0n) is 19.9. The Bertz CT molecular complexity index is 467. The molecule has 1 unspecified atom stereocenters. The lowest BCUT2D eigenvalue weighted by atomic mass is 10.0. The van der Waals surface area contributed by atoms with Crippen molar-refractivity contribution in [3.63, 3.8) is 0 Å². The van der Waals surface area contributed by atoms with E-state index < -0.39 is 17.5 Å². The standard InChI is InChI=1S/C25H45ClO5/c1-3-5-6-7-8-9-10-11-12-13-14-15-16-17-18-19-23(28)30-25(4-2)31-24(29)21-20-22(26)27/h25H,3-21H2,1-2H3. The highest BCUT2D eigenvalue weighted by Gasteiger charge is 2.17. The van der Waals surface area contributed by atoms with Crippen molar-refractivity contribution in [3.05, 3.63) is 0 Å². The van der Waals surface area contributed by atoms with E-state index in [-0.39, 0.29) is 18.8 Å². The average molecular weight is 461 g/mol. The molecule has 6 heteroatoms. The number of carbonyl (C=O) groups is 3. The van der Waals surface area contributed by atoms with Crippen molar-refractivity contribution in [1.82, 2.24) is 0 Å². The molecule has 0 aliphatic rings. The maximum absolute atomic E-state index is 11.9. The Morgan fingerprint density at radius 3 is 1.35 bits per heavy atom. The Hall–Kier alpha value is -1.10. The third-order valence-corrected chi connectivity index (χ3v) is 5.56. The van der Waals surface area contributed by atoms with Crippen LogP contribution in [-0.4, -0.2) is 23.5 Å². The van der Waals surface area contributed by atoms with Crippen LogP contribution in [0.5, 0.6) is 0 Å². The van der Waals surface area contributed by atoms with Gasteiger partial charge in [0.15, 0.2) is 0 Å². The molecule has 0 bridgehead atoms. The van der Waals surface area contributed by atoms with E-state index in [1.165, 1.54) is 77.0 Å². The molecular weight excluding hydrogens is 416 g/mol. The number of ether oxygens (including phenoxy) is 2. The van der Waals surface area contributed by atoms with Crippen molar-refractivity contribution >= 4 is 28.8 Å². The van der Waals surface area contributed by atoms with Gasteiger partial charge in [-0.15, -0.1) is 0 Å². The summed E-state index contributed by atoms with van der Waals surface area (Å²) in [7, 11) is 0. The third-order valence-electron chi connectivity index (χ3n) is 5.37. The van der Waals surface area contributed by atoms with Gasteiger partial charge in [-0.2, -0.15) is 0 Å². The molecule has 0 spiro atoms. The summed E-state index contributed by atoms with van der Waals surface area (Å²) in [6, 6.07) is 0. The third kappa shape index (κ3) is 21.9. The molecule has 0 fully saturated rings. The predicted octanol–water partition coefficient (Wildman–Crippen LogP) is 7.62. The molecule has 0 aliphatic carbocycles. The molecule has 0 N–H and O–H groups in total. The topological polar surface area (TPSA) is 69.7 Å². The van der Waals surface area contributed by atoms with Crippen molar-refractivity contribution in [2.75, 3.05) is 0 Å². The Labute approximate surface area is 195 Å². The molecule has 31 heavy (non-hydrogen) atoms. The highest BCUT2D eigenvalue weighted by Crippen LogP contribution is 2.14. The van der Waals surface area contributed by atoms with Gasteiger partial charge in [-0.3, -0.25) is 14.4 Å². The summed E-state index contributed by atoms with van der Waals surface area (Å²) in [4.78, 5) is 34.2. The second kappa shape index (κ2) is 22.1. The van der Waals surface area contributed by atoms with Crippen molar-refractivity contribution in [1.29, 1.82) is 0 Å². The lowest BCUT2D eigenvalue weighted by Crippen LogP contribution is -2.24. The van der Waals surface area contributed by atoms with Gasteiger partial charge >= 0.3 is 11.9 Å². The fraction of sp³-hybridized carbons (Fsp3) is 0.880. The Kier molecular flexibility index (Phi) is 21.3. The molecule has 0 saturated carbocycles. The first kappa shape index (κ1) is 29.9. The second-order valence-electron chi connectivity index (χ2n) is 8.37. The van der Waals surface area contributed by atoms with Gasteiger partial charge in [-0.1, -0.05) is 104 Å². The molecule has 0 heterocycles. The molecule has 0 radical (unpaired) electrons. The van der Waals surface area contributed by atoms with E-state index >= 15 is 0 Å². The fourth-order valence-corrected chi connectivity index (χ4v) is 3.54. The van der Waals surface area contributed by atoms with Crippen LogP contribution in [0.25, 0.3) is 0 Å². The molecule has 0 rings (SSSR count). The zero-order valence-corrected chi connectivity index (χ0v) is 20.7. The Morgan fingerprint density at radius 2 is 0.968 bits per heavy atom. The predicted molar refractivity (Wildman–Crippen MR) is 126 cm³/mol. The van der Waals surface area contributed by atoms with Gasteiger partial charge < -0.3 is 9.47 Å². The molecule has 5 nitrogen and oxygen atoms in total. The van der Waals surface area contributed by atoms with E-state index in [4.69, 9.17) is 21.1 Å². The van der Waals surface area contributed by atoms with Gasteiger partial charge in [0, 0.05) is 19.3 Å². The van der Waals surface area contributed by atoms with Gasteiger partial charge in [0.2, 0.25) is 11.5 Å². The van der Waals surface area contributed by atoms with E-state index in [0.29, 0.717) is 12.8 Å². The van der Waals surface area contributed by atoms with E-state index in [1.54, 1.807) is 6.92 Å². The van der Waals surface area contributed by atoms with E-state index in [9.17, 15) is 14.4 Å². The Morgan fingerprint density at radius 1 is 0.581 bits per heavy atom. The summed E-state index contributed by atoms with van der Waals surface area (Å²) < 4.78 is 10.3. The van der Waals surface area contributed by atoms with Gasteiger partial charge in [-0.05, 0) is 18.0 Å². The van der Waals surface area contributed by atoms with Crippen molar-refractivity contribution in [2.45, 2.75) is 142 Å². The zero-order chi connectivity index (χ0) is 23.2. The normalized spacial score (nSPS) is 11.8. The number of halogens is 1. The molecule has 0 aromatic heterocycles. The highest BCUT2D eigenvalue weighted by atomic mass is 35.5. The minimum atomic E-state index is -0.887. The maximum atomic E-state index is 11.9. The molecule has 1 atom stereocenters. The SMILES string of the molecule is CCCCCCCCCCCCCCCCCC(=O)OC(CC)OC(=O)CCC(=O)Cl. The van der Waals surface area contributed by atoms with Crippen LogP contribution >= 0.6 is 11.6 Å². The first-order chi connectivity index (χ1) is 15.0. The van der Waals surface area contributed by atoms with E-state index in [0.717, 1.165) is 19.3 Å². The molecule has 0 aromatic carbocycles. The largest absolute Gasteiger partial charge is 0.425 e. The van der Waals surface area contributed by atoms with Crippen LogP contribution in [0.1, 0.15) is 136 Å². The average Bonchev–Trinajstić information content (AvgIpc) is 2.74. The maximum Gasteiger partial charge on any atom is 0.309 e. The van der Waals surface area contributed by atoms with Crippen LogP contribution < -0.4 is 0 Å². The summed E-state index contributed by atoms with van der Waals surface area (Å²) >= 11 is 5.20. The van der Waals surface area contributed by atoms with Crippen LogP contribution in [0.15, 0.2) is 0 Å². The summed E-state index contributed by atoms with van der Waals surface area (Å²) in [6.45, 7) is 4.03. The first-order valence-electron chi connectivity index (χ1n) is 12.6. The van der Waals surface area contributed by atoms with Crippen LogP contribution in [0.4, 0.5) is 0 Å².